The number of carbonyl (C=O) groups is 4. The predicted molar refractivity (Wildman–Crippen MR) is 133 cm³/mol. The van der Waals surface area contributed by atoms with Crippen LogP contribution in [-0.2, 0) is 19.2 Å². The molecule has 0 bridgehead atoms. The summed E-state index contributed by atoms with van der Waals surface area (Å²) in [6, 6.07) is 13.9. The summed E-state index contributed by atoms with van der Waals surface area (Å²) in [5, 5.41) is 12.8. The third-order valence-electron chi connectivity index (χ3n) is 8.75. The van der Waals surface area contributed by atoms with Gasteiger partial charge < -0.3 is 9.84 Å². The van der Waals surface area contributed by atoms with Crippen LogP contribution in [0.1, 0.15) is 38.2 Å². The van der Waals surface area contributed by atoms with Crippen LogP contribution in [0.5, 0.6) is 11.5 Å². The number of benzene rings is 2. The summed E-state index contributed by atoms with van der Waals surface area (Å²) >= 11 is 0. The summed E-state index contributed by atoms with van der Waals surface area (Å²) in [5.41, 5.74) is 1.01. The van der Waals surface area contributed by atoms with E-state index in [1.165, 1.54) is 11.0 Å². The van der Waals surface area contributed by atoms with Crippen molar-refractivity contribution in [1.29, 1.82) is 0 Å². The molecule has 8 nitrogen and oxygen atoms in total. The molecule has 0 aromatic heterocycles. The van der Waals surface area contributed by atoms with E-state index in [9.17, 15) is 24.3 Å². The van der Waals surface area contributed by atoms with E-state index >= 15 is 0 Å². The number of phenols is 1. The van der Waals surface area contributed by atoms with Gasteiger partial charge in [0.25, 0.3) is 0 Å². The first-order chi connectivity index (χ1) is 17.8. The van der Waals surface area contributed by atoms with Gasteiger partial charge in [-0.3, -0.25) is 24.5 Å². The van der Waals surface area contributed by atoms with E-state index in [0.717, 1.165) is 11.1 Å². The van der Waals surface area contributed by atoms with Crippen molar-refractivity contribution in [2.45, 2.75) is 32.6 Å². The predicted octanol–water partition coefficient (Wildman–Crippen LogP) is 3.31. The Hall–Kier alpha value is -3.94. The van der Waals surface area contributed by atoms with Crippen LogP contribution >= 0.6 is 0 Å². The fourth-order valence-corrected chi connectivity index (χ4v) is 7.11. The quantitative estimate of drug-likeness (QED) is 0.492. The molecule has 2 aliphatic heterocycles. The van der Waals surface area contributed by atoms with E-state index in [0.29, 0.717) is 30.9 Å². The molecule has 2 heterocycles. The molecule has 3 fully saturated rings. The van der Waals surface area contributed by atoms with Crippen molar-refractivity contribution in [3.05, 3.63) is 65.7 Å². The lowest BCUT2D eigenvalue weighted by atomic mass is 9.51. The van der Waals surface area contributed by atoms with Crippen LogP contribution in [0.2, 0.25) is 0 Å². The number of anilines is 1. The molecule has 6 rings (SSSR count). The summed E-state index contributed by atoms with van der Waals surface area (Å²) in [6.07, 6.45) is 2.70. The standard InChI is InChI=1S/C29H28N2O6/c1-3-37-22-13-15(9-12-21(22)32)24-17-10-11-18-23(26(34)30-25(18)33)19(17)14-20-27(35)31(28(36)29(20,24)2)16-7-5-4-6-8-16/h4-10,12-13,18-20,23-24,32H,3,11,14H2,1-2H3,(H,30,33,34)/t18-,19+,20-,23-,24-,29+/m0/s1. The lowest BCUT2D eigenvalue weighted by Crippen LogP contribution is -2.48. The van der Waals surface area contributed by atoms with Gasteiger partial charge in [-0.1, -0.05) is 35.9 Å². The number of hydrogen-bond acceptors (Lipinski definition) is 6. The molecule has 2 aromatic rings. The van der Waals surface area contributed by atoms with Gasteiger partial charge in [-0.15, -0.1) is 0 Å². The SMILES string of the molecule is CCOc1cc([C@H]2C3=CC[C@@H]4C(=O)NC(=O)[C@@H]4[C@@H]3C[C@H]3C(=O)N(c4ccccc4)C(=O)[C@@]23C)ccc1O. The fraction of sp³-hybridized carbons (Fsp3) is 0.379. The van der Waals surface area contributed by atoms with Crippen molar-refractivity contribution in [1.82, 2.24) is 5.32 Å². The van der Waals surface area contributed by atoms with Crippen LogP contribution in [0.25, 0.3) is 0 Å². The van der Waals surface area contributed by atoms with Crippen molar-refractivity contribution < 1.29 is 29.0 Å². The third kappa shape index (κ3) is 3.21. The topological polar surface area (TPSA) is 113 Å². The second kappa shape index (κ2) is 8.30. The van der Waals surface area contributed by atoms with Gasteiger partial charge in [0.15, 0.2) is 11.5 Å². The molecule has 2 aromatic carbocycles. The number of hydrogen-bond donors (Lipinski definition) is 2. The summed E-state index contributed by atoms with van der Waals surface area (Å²) in [6.45, 7) is 4.00. The minimum Gasteiger partial charge on any atom is -0.504 e. The van der Waals surface area contributed by atoms with E-state index in [4.69, 9.17) is 4.74 Å². The molecule has 190 valence electrons. The number of fused-ring (bicyclic) bond motifs is 4. The Bertz CT molecular complexity index is 1370. The van der Waals surface area contributed by atoms with Crippen molar-refractivity contribution in [3.63, 3.8) is 0 Å². The minimum atomic E-state index is -1.12. The number of phenolic OH excluding ortho intramolecular Hbond substituents is 1. The van der Waals surface area contributed by atoms with Gasteiger partial charge in [0.2, 0.25) is 23.6 Å². The van der Waals surface area contributed by atoms with E-state index in [1.54, 1.807) is 36.4 Å². The molecule has 0 radical (unpaired) electrons. The second-order valence-corrected chi connectivity index (χ2v) is 10.5. The van der Waals surface area contributed by atoms with E-state index in [-0.39, 0.29) is 35.3 Å². The van der Waals surface area contributed by atoms with Gasteiger partial charge in [0.05, 0.1) is 35.5 Å². The average molecular weight is 501 g/mol. The molecule has 37 heavy (non-hydrogen) atoms. The number of ether oxygens (including phenoxy) is 1. The van der Waals surface area contributed by atoms with Crippen LogP contribution in [-0.4, -0.2) is 35.3 Å². The van der Waals surface area contributed by atoms with E-state index in [1.807, 2.05) is 26.0 Å². The Labute approximate surface area is 214 Å². The van der Waals surface area contributed by atoms with Crippen molar-refractivity contribution in [2.75, 3.05) is 11.5 Å². The maximum atomic E-state index is 14.2. The van der Waals surface area contributed by atoms with Crippen LogP contribution in [0.3, 0.4) is 0 Å². The zero-order chi connectivity index (χ0) is 26.1. The molecule has 0 spiro atoms. The number of rotatable bonds is 4. The number of nitrogens with one attached hydrogen (secondary N) is 1. The number of imide groups is 2. The lowest BCUT2D eigenvalue weighted by Gasteiger charge is -2.49. The van der Waals surface area contributed by atoms with E-state index < -0.39 is 29.1 Å². The van der Waals surface area contributed by atoms with E-state index in [2.05, 4.69) is 5.32 Å². The van der Waals surface area contributed by atoms with Crippen LogP contribution in [0, 0.1) is 29.1 Å². The normalized spacial score (nSPS) is 32.4. The molecule has 2 aliphatic carbocycles. The number of para-hydroxylation sites is 1. The molecule has 4 aliphatic rings. The average Bonchev–Trinajstić information content (AvgIpc) is 3.28. The number of aromatic hydroxyl groups is 1. The highest BCUT2D eigenvalue weighted by Gasteiger charge is 2.67. The highest BCUT2D eigenvalue weighted by molar-refractivity contribution is 6.24. The highest BCUT2D eigenvalue weighted by Crippen LogP contribution is 2.63. The molecule has 8 heteroatoms. The molecular weight excluding hydrogens is 472 g/mol. The maximum absolute atomic E-state index is 14.2. The Morgan fingerprint density at radius 1 is 1.05 bits per heavy atom. The molecule has 1 saturated carbocycles. The Balaban J connectivity index is 1.54. The first-order valence-corrected chi connectivity index (χ1v) is 12.7. The number of allylic oxidation sites excluding steroid dienone is 2. The summed E-state index contributed by atoms with van der Waals surface area (Å²) in [7, 11) is 0. The van der Waals surface area contributed by atoms with Gasteiger partial charge >= 0.3 is 0 Å². The largest absolute Gasteiger partial charge is 0.504 e. The smallest absolute Gasteiger partial charge is 0.241 e. The summed E-state index contributed by atoms with van der Waals surface area (Å²) in [5.74, 6) is -3.52. The van der Waals surface area contributed by atoms with Crippen molar-refractivity contribution in [2.24, 2.45) is 29.1 Å². The number of amides is 4. The van der Waals surface area contributed by atoms with Crippen LogP contribution in [0.4, 0.5) is 5.69 Å². The summed E-state index contributed by atoms with van der Waals surface area (Å²) in [4.78, 5) is 54.9. The fourth-order valence-electron chi connectivity index (χ4n) is 7.11. The first kappa shape index (κ1) is 23.5. The van der Waals surface area contributed by atoms with Crippen LogP contribution < -0.4 is 15.0 Å². The zero-order valence-corrected chi connectivity index (χ0v) is 20.6. The molecule has 2 N–H and O–H groups in total. The van der Waals surface area contributed by atoms with Crippen molar-refractivity contribution >= 4 is 29.3 Å². The first-order valence-electron chi connectivity index (χ1n) is 12.7. The zero-order valence-electron chi connectivity index (χ0n) is 20.6. The number of carbonyl (C=O) groups excluding carboxylic acids is 4. The molecule has 6 atom stereocenters. The van der Waals surface area contributed by atoms with Gasteiger partial charge in [-0.05, 0) is 62.4 Å². The second-order valence-electron chi connectivity index (χ2n) is 10.5. The maximum Gasteiger partial charge on any atom is 0.241 e. The van der Waals surface area contributed by atoms with Gasteiger partial charge in [-0.25, -0.2) is 4.90 Å². The van der Waals surface area contributed by atoms with Gasteiger partial charge in [-0.2, -0.15) is 0 Å². The molecule has 4 amide bonds. The third-order valence-corrected chi connectivity index (χ3v) is 8.75. The van der Waals surface area contributed by atoms with Gasteiger partial charge in [0.1, 0.15) is 0 Å². The molecular formula is C29H28N2O6. The number of nitrogens with zero attached hydrogens (tertiary/aromatic N) is 1. The lowest BCUT2D eigenvalue weighted by molar-refractivity contribution is -0.131. The Morgan fingerprint density at radius 3 is 2.54 bits per heavy atom. The minimum absolute atomic E-state index is 0.0159. The Kier molecular flexibility index (Phi) is 5.26. The molecule has 2 saturated heterocycles. The van der Waals surface area contributed by atoms with Crippen molar-refractivity contribution in [3.8, 4) is 11.5 Å². The highest BCUT2D eigenvalue weighted by atomic mass is 16.5. The monoisotopic (exact) mass is 500 g/mol. The van der Waals surface area contributed by atoms with Gasteiger partial charge in [0, 0.05) is 5.92 Å². The summed E-state index contributed by atoms with van der Waals surface area (Å²) < 4.78 is 5.65. The molecule has 0 unspecified atom stereocenters. The Morgan fingerprint density at radius 2 is 1.81 bits per heavy atom. The van der Waals surface area contributed by atoms with Crippen LogP contribution in [0.15, 0.2) is 60.2 Å².